The Morgan fingerprint density at radius 3 is 2.88 bits per heavy atom. The Morgan fingerprint density at radius 2 is 2.50 bits per heavy atom. The van der Waals surface area contributed by atoms with E-state index in [9.17, 15) is 0 Å². The van der Waals surface area contributed by atoms with Gasteiger partial charge in [-0.15, -0.1) is 0 Å². The van der Waals surface area contributed by atoms with Gasteiger partial charge in [0, 0.05) is 6.42 Å². The Kier molecular flexibility index (Phi) is 1.56. The number of allylic oxidation sites excluding steroid dienone is 2. The van der Waals surface area contributed by atoms with Crippen LogP contribution in [0, 0.1) is 12.3 Å². The van der Waals surface area contributed by atoms with Crippen molar-refractivity contribution >= 4 is 0 Å². The summed E-state index contributed by atoms with van der Waals surface area (Å²) in [5.74, 6) is 1.08. The van der Waals surface area contributed by atoms with Crippen molar-refractivity contribution in [2.75, 3.05) is 0 Å². The third-order valence-electron chi connectivity index (χ3n) is 1.37. The largest absolute Gasteiger partial charge is 0.513 e. The minimum atomic E-state index is 0.531. The molecule has 1 aliphatic carbocycles. The molecular formula is C7H11O. The van der Waals surface area contributed by atoms with Gasteiger partial charge in [-0.3, -0.25) is 0 Å². The molecule has 0 aromatic heterocycles. The Morgan fingerprint density at radius 1 is 1.75 bits per heavy atom. The maximum absolute atomic E-state index is 8.91. The molecule has 0 aromatic carbocycles. The molecule has 0 heterocycles. The van der Waals surface area contributed by atoms with Crippen LogP contribution in [0.1, 0.15) is 19.8 Å². The van der Waals surface area contributed by atoms with Crippen molar-refractivity contribution in [2.24, 2.45) is 5.92 Å². The van der Waals surface area contributed by atoms with Gasteiger partial charge in [0.15, 0.2) is 0 Å². The maximum Gasteiger partial charge on any atom is 0.0888 e. The molecule has 0 saturated heterocycles. The lowest BCUT2D eigenvalue weighted by molar-refractivity contribution is 0.375. The lowest BCUT2D eigenvalue weighted by Crippen LogP contribution is -1.99. The molecular weight excluding hydrogens is 100 g/mol. The average molecular weight is 111 g/mol. The highest BCUT2D eigenvalue weighted by Crippen LogP contribution is 2.18. The van der Waals surface area contributed by atoms with Crippen molar-refractivity contribution in [1.29, 1.82) is 0 Å². The van der Waals surface area contributed by atoms with Crippen LogP contribution in [-0.4, -0.2) is 5.11 Å². The van der Waals surface area contributed by atoms with Crippen LogP contribution < -0.4 is 0 Å². The second kappa shape index (κ2) is 2.21. The first kappa shape index (κ1) is 5.67. The van der Waals surface area contributed by atoms with Crippen LogP contribution in [0.25, 0.3) is 0 Å². The molecule has 45 valence electrons. The van der Waals surface area contributed by atoms with Gasteiger partial charge in [-0.1, -0.05) is 6.92 Å². The summed E-state index contributed by atoms with van der Waals surface area (Å²) in [7, 11) is 0. The second-order valence-electron chi connectivity index (χ2n) is 2.36. The Hall–Kier alpha value is -0.460. The first-order chi connectivity index (χ1) is 3.79. The van der Waals surface area contributed by atoms with Crippen molar-refractivity contribution < 1.29 is 5.11 Å². The number of hydrogen-bond acceptors (Lipinski definition) is 1. The standard InChI is InChI=1S/C7H11O/c1-6-3-2-4-7(8)5-6/h2,5-6,8H,3-4H2,1H3. The van der Waals surface area contributed by atoms with Crippen molar-refractivity contribution in [1.82, 2.24) is 0 Å². The summed E-state index contributed by atoms with van der Waals surface area (Å²) in [5, 5.41) is 8.91. The number of aliphatic hydroxyl groups is 1. The zero-order valence-electron chi connectivity index (χ0n) is 5.09. The van der Waals surface area contributed by atoms with Crippen LogP contribution in [0.4, 0.5) is 0 Å². The van der Waals surface area contributed by atoms with Crippen LogP contribution >= 0.6 is 0 Å². The number of hydrogen-bond donors (Lipinski definition) is 1. The SMILES string of the molecule is CC1C=C(O)C[CH]C1. The molecule has 1 atom stereocenters. The average Bonchev–Trinajstić information content (AvgIpc) is 1.64. The zero-order valence-corrected chi connectivity index (χ0v) is 5.09. The Labute approximate surface area is 50.0 Å². The van der Waals surface area contributed by atoms with E-state index >= 15 is 0 Å². The van der Waals surface area contributed by atoms with E-state index in [1.54, 1.807) is 0 Å². The van der Waals surface area contributed by atoms with Gasteiger partial charge in [0.05, 0.1) is 5.76 Å². The third kappa shape index (κ3) is 1.25. The molecule has 0 saturated carbocycles. The molecule has 1 N–H and O–H groups in total. The van der Waals surface area contributed by atoms with E-state index in [-0.39, 0.29) is 0 Å². The quantitative estimate of drug-likeness (QED) is 0.507. The Bertz CT molecular complexity index is 105. The van der Waals surface area contributed by atoms with Crippen molar-refractivity contribution in [3.05, 3.63) is 18.3 Å². The minimum Gasteiger partial charge on any atom is -0.513 e. The van der Waals surface area contributed by atoms with Gasteiger partial charge in [0.25, 0.3) is 0 Å². The number of aliphatic hydroxyl groups excluding tert-OH is 1. The highest BCUT2D eigenvalue weighted by Gasteiger charge is 2.06. The summed E-state index contributed by atoms with van der Waals surface area (Å²) in [5.41, 5.74) is 0. The minimum absolute atomic E-state index is 0.531. The number of rotatable bonds is 0. The van der Waals surface area contributed by atoms with Crippen molar-refractivity contribution in [3.8, 4) is 0 Å². The monoisotopic (exact) mass is 111 g/mol. The molecule has 0 bridgehead atoms. The molecule has 1 aliphatic rings. The molecule has 0 aliphatic heterocycles. The van der Waals surface area contributed by atoms with Crippen molar-refractivity contribution in [2.45, 2.75) is 19.8 Å². The highest BCUT2D eigenvalue weighted by atomic mass is 16.3. The van der Waals surface area contributed by atoms with Gasteiger partial charge in [0.1, 0.15) is 0 Å². The molecule has 1 unspecified atom stereocenters. The van der Waals surface area contributed by atoms with Crippen LogP contribution in [0.15, 0.2) is 11.8 Å². The van der Waals surface area contributed by atoms with Gasteiger partial charge in [0.2, 0.25) is 0 Å². The van der Waals surface area contributed by atoms with Crippen LogP contribution in [0.3, 0.4) is 0 Å². The summed E-state index contributed by atoms with van der Waals surface area (Å²) in [6.07, 6.45) is 5.91. The topological polar surface area (TPSA) is 20.2 Å². The molecule has 0 aromatic rings. The van der Waals surface area contributed by atoms with Gasteiger partial charge >= 0.3 is 0 Å². The summed E-state index contributed by atoms with van der Waals surface area (Å²) < 4.78 is 0. The first-order valence-corrected chi connectivity index (χ1v) is 3.00. The lowest BCUT2D eigenvalue weighted by Gasteiger charge is -2.11. The summed E-state index contributed by atoms with van der Waals surface area (Å²) >= 11 is 0. The normalized spacial score (nSPS) is 29.6. The van der Waals surface area contributed by atoms with E-state index in [1.807, 2.05) is 6.08 Å². The van der Waals surface area contributed by atoms with Crippen LogP contribution in [-0.2, 0) is 0 Å². The van der Waals surface area contributed by atoms with E-state index in [2.05, 4.69) is 13.3 Å². The fraction of sp³-hybridized carbons (Fsp3) is 0.571. The molecule has 0 fully saturated rings. The Balaban J connectivity index is 2.50. The smallest absolute Gasteiger partial charge is 0.0888 e. The molecule has 1 radical (unpaired) electrons. The third-order valence-corrected chi connectivity index (χ3v) is 1.37. The van der Waals surface area contributed by atoms with Gasteiger partial charge < -0.3 is 5.11 Å². The van der Waals surface area contributed by atoms with E-state index < -0.39 is 0 Å². The van der Waals surface area contributed by atoms with Gasteiger partial charge in [-0.25, -0.2) is 0 Å². The fourth-order valence-electron chi connectivity index (χ4n) is 0.959. The predicted octanol–water partition coefficient (Wildman–Crippen LogP) is 2.06. The van der Waals surface area contributed by atoms with E-state index in [4.69, 9.17) is 5.11 Å². The first-order valence-electron chi connectivity index (χ1n) is 3.00. The van der Waals surface area contributed by atoms with Crippen LogP contribution in [0.5, 0.6) is 0 Å². The molecule has 1 rings (SSSR count). The lowest BCUT2D eigenvalue weighted by atomic mass is 9.97. The molecule has 8 heavy (non-hydrogen) atoms. The molecule has 0 amide bonds. The fourth-order valence-corrected chi connectivity index (χ4v) is 0.959. The molecule has 1 nitrogen and oxygen atoms in total. The highest BCUT2D eigenvalue weighted by molar-refractivity contribution is 5.03. The molecule has 1 heteroatoms. The van der Waals surface area contributed by atoms with E-state index in [0.717, 1.165) is 12.8 Å². The van der Waals surface area contributed by atoms with Crippen molar-refractivity contribution in [3.63, 3.8) is 0 Å². The zero-order chi connectivity index (χ0) is 5.98. The summed E-state index contributed by atoms with van der Waals surface area (Å²) in [6.45, 7) is 2.10. The van der Waals surface area contributed by atoms with E-state index in [1.165, 1.54) is 0 Å². The van der Waals surface area contributed by atoms with E-state index in [0.29, 0.717) is 11.7 Å². The second-order valence-corrected chi connectivity index (χ2v) is 2.36. The predicted molar refractivity (Wildman–Crippen MR) is 33.4 cm³/mol. The molecule has 0 spiro atoms. The maximum atomic E-state index is 8.91. The van der Waals surface area contributed by atoms with Gasteiger partial charge in [-0.2, -0.15) is 0 Å². The summed E-state index contributed by atoms with van der Waals surface area (Å²) in [6, 6.07) is 0. The van der Waals surface area contributed by atoms with Crippen LogP contribution in [0.2, 0.25) is 0 Å². The van der Waals surface area contributed by atoms with Gasteiger partial charge in [-0.05, 0) is 24.8 Å². The summed E-state index contributed by atoms with van der Waals surface area (Å²) in [4.78, 5) is 0.